The third-order valence-corrected chi connectivity index (χ3v) is 2.71. The second-order valence-electron chi connectivity index (χ2n) is 5.51. The largest absolute Gasteiger partial charge is 0.444 e. The van der Waals surface area contributed by atoms with E-state index in [2.05, 4.69) is 10.1 Å². The molecule has 0 spiro atoms. The molecular formula is C12H19N3O3. The maximum atomic E-state index is 12.1. The van der Waals surface area contributed by atoms with Crippen molar-refractivity contribution in [2.45, 2.75) is 52.2 Å². The lowest BCUT2D eigenvalue weighted by molar-refractivity contribution is 0.0199. The van der Waals surface area contributed by atoms with Crippen LogP contribution in [0.25, 0.3) is 0 Å². The summed E-state index contributed by atoms with van der Waals surface area (Å²) in [4.78, 5) is 17.9. The number of likely N-dealkylation sites (tertiary alicyclic amines) is 1. The summed E-state index contributed by atoms with van der Waals surface area (Å²) in [5.74, 6) is 1.08. The molecule has 1 unspecified atom stereocenters. The number of hydrogen-bond acceptors (Lipinski definition) is 5. The fourth-order valence-electron chi connectivity index (χ4n) is 2.01. The first-order valence-electron chi connectivity index (χ1n) is 6.16. The van der Waals surface area contributed by atoms with Gasteiger partial charge in [0.1, 0.15) is 11.6 Å². The van der Waals surface area contributed by atoms with Crippen LogP contribution in [0.5, 0.6) is 0 Å². The third-order valence-electron chi connectivity index (χ3n) is 2.71. The fourth-order valence-corrected chi connectivity index (χ4v) is 2.01. The lowest BCUT2D eigenvalue weighted by Crippen LogP contribution is -2.36. The first-order chi connectivity index (χ1) is 8.37. The van der Waals surface area contributed by atoms with Gasteiger partial charge in [-0.3, -0.25) is 4.90 Å². The Labute approximate surface area is 106 Å². The average molecular weight is 253 g/mol. The van der Waals surface area contributed by atoms with E-state index in [9.17, 15) is 4.79 Å². The van der Waals surface area contributed by atoms with Crippen molar-refractivity contribution in [2.24, 2.45) is 0 Å². The Kier molecular flexibility index (Phi) is 3.28. The zero-order chi connectivity index (χ0) is 13.3. The Morgan fingerprint density at radius 3 is 2.78 bits per heavy atom. The molecule has 1 atom stereocenters. The molecule has 0 aliphatic carbocycles. The van der Waals surface area contributed by atoms with Gasteiger partial charge in [0.05, 0.1) is 0 Å². The number of carbonyl (C=O) groups is 1. The van der Waals surface area contributed by atoms with Crippen LogP contribution in [0.15, 0.2) is 4.52 Å². The quantitative estimate of drug-likeness (QED) is 0.769. The summed E-state index contributed by atoms with van der Waals surface area (Å²) < 4.78 is 10.5. The Bertz CT molecular complexity index is 436. The minimum Gasteiger partial charge on any atom is -0.444 e. The van der Waals surface area contributed by atoms with Crippen LogP contribution in [0, 0.1) is 6.92 Å². The maximum absolute atomic E-state index is 12.1. The van der Waals surface area contributed by atoms with Crippen LogP contribution in [-0.4, -0.2) is 33.3 Å². The number of aromatic nitrogens is 2. The van der Waals surface area contributed by atoms with Crippen LogP contribution in [0.2, 0.25) is 0 Å². The summed E-state index contributed by atoms with van der Waals surface area (Å²) >= 11 is 0. The molecule has 6 nitrogen and oxygen atoms in total. The van der Waals surface area contributed by atoms with Gasteiger partial charge in [0.15, 0.2) is 5.82 Å². The summed E-state index contributed by atoms with van der Waals surface area (Å²) in [7, 11) is 0. The molecule has 0 bridgehead atoms. The molecule has 1 aliphatic rings. The van der Waals surface area contributed by atoms with Gasteiger partial charge in [-0.05, 0) is 40.5 Å². The van der Waals surface area contributed by atoms with Gasteiger partial charge in [0, 0.05) is 6.54 Å². The summed E-state index contributed by atoms with van der Waals surface area (Å²) in [6, 6.07) is -0.152. The molecule has 1 aromatic heterocycles. The van der Waals surface area contributed by atoms with E-state index < -0.39 is 5.60 Å². The van der Waals surface area contributed by atoms with Gasteiger partial charge < -0.3 is 9.26 Å². The Morgan fingerprint density at radius 2 is 2.22 bits per heavy atom. The Balaban J connectivity index is 2.10. The molecule has 0 N–H and O–H groups in total. The van der Waals surface area contributed by atoms with Crippen molar-refractivity contribution in [1.29, 1.82) is 0 Å². The molecule has 1 fully saturated rings. The monoisotopic (exact) mass is 253 g/mol. The van der Waals surface area contributed by atoms with E-state index in [1.807, 2.05) is 20.8 Å². The molecule has 6 heteroatoms. The normalized spacial score (nSPS) is 20.2. The standard InChI is InChI=1S/C12H19N3O3/c1-8-13-10(18-14-8)9-6-5-7-15(9)11(16)17-12(2,3)4/h9H,5-7H2,1-4H3. The van der Waals surface area contributed by atoms with Gasteiger partial charge in [-0.25, -0.2) is 4.79 Å². The molecule has 1 saturated heterocycles. The van der Waals surface area contributed by atoms with Gasteiger partial charge in [-0.15, -0.1) is 0 Å². The van der Waals surface area contributed by atoms with Crippen molar-refractivity contribution in [3.8, 4) is 0 Å². The lowest BCUT2D eigenvalue weighted by atomic mass is 10.2. The fraction of sp³-hybridized carbons (Fsp3) is 0.750. The average Bonchev–Trinajstić information content (AvgIpc) is 2.81. The van der Waals surface area contributed by atoms with Gasteiger partial charge in [-0.2, -0.15) is 4.98 Å². The van der Waals surface area contributed by atoms with Crippen molar-refractivity contribution in [1.82, 2.24) is 15.0 Å². The highest BCUT2D eigenvalue weighted by Crippen LogP contribution is 2.32. The zero-order valence-corrected chi connectivity index (χ0v) is 11.3. The number of hydrogen-bond donors (Lipinski definition) is 0. The minimum absolute atomic E-state index is 0.152. The lowest BCUT2D eigenvalue weighted by Gasteiger charge is -2.26. The van der Waals surface area contributed by atoms with Crippen molar-refractivity contribution in [3.05, 3.63) is 11.7 Å². The Hall–Kier alpha value is -1.59. The number of aryl methyl sites for hydroxylation is 1. The maximum Gasteiger partial charge on any atom is 0.410 e. The summed E-state index contributed by atoms with van der Waals surface area (Å²) in [5, 5.41) is 3.76. The van der Waals surface area contributed by atoms with E-state index in [0.717, 1.165) is 12.8 Å². The number of amides is 1. The molecule has 2 heterocycles. The SMILES string of the molecule is Cc1noc(C2CCCN2C(=O)OC(C)(C)C)n1. The molecule has 1 amide bonds. The molecule has 0 saturated carbocycles. The van der Waals surface area contributed by atoms with Crippen molar-refractivity contribution < 1.29 is 14.1 Å². The topological polar surface area (TPSA) is 68.5 Å². The van der Waals surface area contributed by atoms with Crippen molar-refractivity contribution >= 4 is 6.09 Å². The van der Waals surface area contributed by atoms with E-state index >= 15 is 0 Å². The number of carbonyl (C=O) groups excluding carboxylic acids is 1. The Morgan fingerprint density at radius 1 is 1.50 bits per heavy atom. The summed E-state index contributed by atoms with van der Waals surface area (Å²) in [6.07, 6.45) is 1.44. The highest BCUT2D eigenvalue weighted by molar-refractivity contribution is 5.69. The molecule has 0 aromatic carbocycles. The van der Waals surface area contributed by atoms with Crippen molar-refractivity contribution in [2.75, 3.05) is 6.54 Å². The number of rotatable bonds is 1. The molecular weight excluding hydrogens is 234 g/mol. The van der Waals surface area contributed by atoms with Crippen LogP contribution in [0.4, 0.5) is 4.79 Å². The van der Waals surface area contributed by atoms with Crippen LogP contribution in [0.3, 0.4) is 0 Å². The molecule has 1 aliphatic heterocycles. The molecule has 18 heavy (non-hydrogen) atoms. The predicted molar refractivity (Wildman–Crippen MR) is 64.0 cm³/mol. The first kappa shape index (κ1) is 12.9. The van der Waals surface area contributed by atoms with E-state index in [1.165, 1.54) is 0 Å². The summed E-state index contributed by atoms with van der Waals surface area (Å²) in [6.45, 7) is 7.99. The number of ether oxygens (including phenoxy) is 1. The van der Waals surface area contributed by atoms with E-state index in [1.54, 1.807) is 11.8 Å². The van der Waals surface area contributed by atoms with Gasteiger partial charge in [0.2, 0.25) is 5.89 Å². The van der Waals surface area contributed by atoms with Crippen molar-refractivity contribution in [3.63, 3.8) is 0 Å². The number of nitrogens with zero attached hydrogens (tertiary/aromatic N) is 3. The predicted octanol–water partition coefficient (Wildman–Crippen LogP) is 2.45. The zero-order valence-electron chi connectivity index (χ0n) is 11.3. The molecule has 1 aromatic rings. The van der Waals surface area contributed by atoms with E-state index in [4.69, 9.17) is 9.26 Å². The van der Waals surface area contributed by atoms with Crippen LogP contribution >= 0.6 is 0 Å². The molecule has 100 valence electrons. The molecule has 2 rings (SSSR count). The van der Waals surface area contributed by atoms with Crippen LogP contribution < -0.4 is 0 Å². The highest BCUT2D eigenvalue weighted by Gasteiger charge is 2.36. The van der Waals surface area contributed by atoms with Gasteiger partial charge in [0.25, 0.3) is 0 Å². The minimum atomic E-state index is -0.491. The molecule has 0 radical (unpaired) electrons. The third kappa shape index (κ3) is 2.80. The van der Waals surface area contributed by atoms with E-state index in [0.29, 0.717) is 18.3 Å². The van der Waals surface area contributed by atoms with Crippen LogP contribution in [-0.2, 0) is 4.74 Å². The van der Waals surface area contributed by atoms with E-state index in [-0.39, 0.29) is 12.1 Å². The van der Waals surface area contributed by atoms with Crippen LogP contribution in [0.1, 0.15) is 51.4 Å². The second kappa shape index (κ2) is 4.59. The first-order valence-corrected chi connectivity index (χ1v) is 6.16. The van der Waals surface area contributed by atoms with Gasteiger partial charge >= 0.3 is 6.09 Å². The summed E-state index contributed by atoms with van der Waals surface area (Å²) in [5.41, 5.74) is -0.491. The smallest absolute Gasteiger partial charge is 0.410 e. The second-order valence-corrected chi connectivity index (χ2v) is 5.51. The van der Waals surface area contributed by atoms with Gasteiger partial charge in [-0.1, -0.05) is 5.16 Å². The highest BCUT2D eigenvalue weighted by atomic mass is 16.6.